The molecule has 100 valence electrons. The SMILES string of the molecule is Cc1nc(Nc2ccccc2)sc1-c1ccnc(N)n1. The predicted octanol–water partition coefficient (Wildman–Crippen LogP) is 3.23. The van der Waals surface area contributed by atoms with Crippen molar-refractivity contribution in [2.45, 2.75) is 6.92 Å². The van der Waals surface area contributed by atoms with Crippen molar-refractivity contribution in [1.82, 2.24) is 15.0 Å². The molecule has 0 aliphatic heterocycles. The van der Waals surface area contributed by atoms with E-state index in [4.69, 9.17) is 5.73 Å². The largest absolute Gasteiger partial charge is 0.368 e. The monoisotopic (exact) mass is 283 g/mol. The minimum absolute atomic E-state index is 0.271. The Morgan fingerprint density at radius 3 is 2.65 bits per heavy atom. The van der Waals surface area contributed by atoms with Gasteiger partial charge in [-0.05, 0) is 25.1 Å². The molecule has 0 saturated heterocycles. The number of nitrogens with zero attached hydrogens (tertiary/aromatic N) is 3. The highest BCUT2D eigenvalue weighted by molar-refractivity contribution is 7.19. The number of anilines is 3. The second-order valence-electron chi connectivity index (χ2n) is 4.22. The third-order valence-corrected chi connectivity index (χ3v) is 3.82. The van der Waals surface area contributed by atoms with Crippen LogP contribution in [0.1, 0.15) is 5.69 Å². The van der Waals surface area contributed by atoms with Gasteiger partial charge in [0, 0.05) is 11.9 Å². The summed E-state index contributed by atoms with van der Waals surface area (Å²) in [5.74, 6) is 0.271. The molecule has 2 aromatic heterocycles. The molecule has 1 aromatic carbocycles. The molecule has 5 nitrogen and oxygen atoms in total. The third kappa shape index (κ3) is 2.60. The Hall–Kier alpha value is -2.47. The first-order chi connectivity index (χ1) is 9.72. The Bertz CT molecular complexity index is 723. The second kappa shape index (κ2) is 5.26. The molecule has 0 aliphatic carbocycles. The van der Waals surface area contributed by atoms with E-state index in [1.54, 1.807) is 17.5 Å². The van der Waals surface area contributed by atoms with E-state index in [0.29, 0.717) is 0 Å². The van der Waals surface area contributed by atoms with Gasteiger partial charge in [-0.15, -0.1) is 0 Å². The lowest BCUT2D eigenvalue weighted by Gasteiger charge is -2.00. The lowest BCUT2D eigenvalue weighted by Crippen LogP contribution is -1.94. The highest BCUT2D eigenvalue weighted by Crippen LogP contribution is 2.32. The number of hydrogen-bond acceptors (Lipinski definition) is 6. The molecule has 0 bridgehead atoms. The maximum atomic E-state index is 5.62. The Balaban J connectivity index is 1.91. The summed E-state index contributed by atoms with van der Waals surface area (Å²) in [7, 11) is 0. The van der Waals surface area contributed by atoms with E-state index in [1.165, 1.54) is 0 Å². The lowest BCUT2D eigenvalue weighted by atomic mass is 10.3. The quantitative estimate of drug-likeness (QED) is 0.771. The van der Waals surface area contributed by atoms with Gasteiger partial charge in [0.15, 0.2) is 5.13 Å². The van der Waals surface area contributed by atoms with Crippen molar-refractivity contribution in [3.05, 3.63) is 48.3 Å². The molecule has 20 heavy (non-hydrogen) atoms. The summed E-state index contributed by atoms with van der Waals surface area (Å²) in [5.41, 5.74) is 8.35. The van der Waals surface area contributed by atoms with Crippen LogP contribution in [0.25, 0.3) is 10.6 Å². The minimum Gasteiger partial charge on any atom is -0.368 e. The lowest BCUT2D eigenvalue weighted by molar-refractivity contribution is 1.18. The van der Waals surface area contributed by atoms with Gasteiger partial charge in [-0.2, -0.15) is 0 Å². The van der Waals surface area contributed by atoms with Crippen LogP contribution in [-0.4, -0.2) is 15.0 Å². The fraction of sp³-hybridized carbons (Fsp3) is 0.0714. The van der Waals surface area contributed by atoms with Gasteiger partial charge in [0.25, 0.3) is 0 Å². The number of aryl methyl sites for hydroxylation is 1. The maximum Gasteiger partial charge on any atom is 0.220 e. The zero-order valence-electron chi connectivity index (χ0n) is 10.9. The number of aromatic nitrogens is 3. The van der Waals surface area contributed by atoms with Crippen LogP contribution in [-0.2, 0) is 0 Å². The van der Waals surface area contributed by atoms with E-state index < -0.39 is 0 Å². The van der Waals surface area contributed by atoms with Crippen LogP contribution < -0.4 is 11.1 Å². The van der Waals surface area contributed by atoms with Crippen molar-refractivity contribution in [2.24, 2.45) is 0 Å². The molecular weight excluding hydrogens is 270 g/mol. The molecule has 6 heteroatoms. The van der Waals surface area contributed by atoms with Crippen molar-refractivity contribution < 1.29 is 0 Å². The van der Waals surface area contributed by atoms with Gasteiger partial charge < -0.3 is 11.1 Å². The van der Waals surface area contributed by atoms with Crippen LogP contribution in [0.15, 0.2) is 42.6 Å². The van der Waals surface area contributed by atoms with Crippen molar-refractivity contribution in [2.75, 3.05) is 11.1 Å². The molecular formula is C14H13N5S. The van der Waals surface area contributed by atoms with Gasteiger partial charge in [0.1, 0.15) is 0 Å². The number of para-hydroxylation sites is 1. The summed E-state index contributed by atoms with van der Waals surface area (Å²) >= 11 is 1.55. The summed E-state index contributed by atoms with van der Waals surface area (Å²) in [5, 5.41) is 4.12. The molecule has 0 unspecified atom stereocenters. The standard InChI is InChI=1S/C14H13N5S/c1-9-12(11-7-8-16-13(15)19-11)20-14(17-9)18-10-5-3-2-4-6-10/h2-8H,1H3,(H,17,18)(H2,15,16,19). The van der Waals surface area contributed by atoms with Crippen LogP contribution >= 0.6 is 11.3 Å². The summed E-state index contributed by atoms with van der Waals surface area (Å²) in [6.07, 6.45) is 1.65. The van der Waals surface area contributed by atoms with Crippen LogP contribution in [0.2, 0.25) is 0 Å². The van der Waals surface area contributed by atoms with Gasteiger partial charge in [0.05, 0.1) is 16.3 Å². The topological polar surface area (TPSA) is 76.7 Å². The molecule has 0 atom stereocenters. The molecule has 2 heterocycles. The minimum atomic E-state index is 0.271. The number of nitrogens with two attached hydrogens (primary N) is 1. The first kappa shape index (κ1) is 12.6. The van der Waals surface area contributed by atoms with Gasteiger partial charge in [-0.3, -0.25) is 0 Å². The first-order valence-corrected chi connectivity index (χ1v) is 6.92. The average molecular weight is 283 g/mol. The highest BCUT2D eigenvalue weighted by atomic mass is 32.1. The molecule has 0 radical (unpaired) electrons. The number of hydrogen-bond donors (Lipinski definition) is 2. The predicted molar refractivity (Wildman–Crippen MR) is 82.0 cm³/mol. The molecule has 0 spiro atoms. The fourth-order valence-electron chi connectivity index (χ4n) is 1.83. The van der Waals surface area contributed by atoms with Crippen molar-refractivity contribution in [3.8, 4) is 10.6 Å². The maximum absolute atomic E-state index is 5.62. The van der Waals surface area contributed by atoms with Gasteiger partial charge in [0.2, 0.25) is 5.95 Å². The van der Waals surface area contributed by atoms with Crippen LogP contribution in [0.4, 0.5) is 16.8 Å². The Morgan fingerprint density at radius 2 is 1.90 bits per heavy atom. The van der Waals surface area contributed by atoms with Crippen LogP contribution in [0, 0.1) is 6.92 Å². The molecule has 3 aromatic rings. The number of rotatable bonds is 3. The average Bonchev–Trinajstić information content (AvgIpc) is 2.81. The van der Waals surface area contributed by atoms with Crippen LogP contribution in [0.5, 0.6) is 0 Å². The zero-order chi connectivity index (χ0) is 13.9. The van der Waals surface area contributed by atoms with E-state index in [9.17, 15) is 0 Å². The second-order valence-corrected chi connectivity index (χ2v) is 5.22. The number of nitrogens with one attached hydrogen (secondary N) is 1. The van der Waals surface area contributed by atoms with Gasteiger partial charge in [-0.25, -0.2) is 15.0 Å². The summed E-state index contributed by atoms with van der Waals surface area (Å²) in [6.45, 7) is 1.96. The smallest absolute Gasteiger partial charge is 0.220 e. The zero-order valence-corrected chi connectivity index (χ0v) is 11.7. The number of nitrogen functional groups attached to an aromatic ring is 1. The number of thiazole rings is 1. The van der Waals surface area contributed by atoms with Crippen molar-refractivity contribution in [1.29, 1.82) is 0 Å². The van der Waals surface area contributed by atoms with E-state index >= 15 is 0 Å². The van der Waals surface area contributed by atoms with E-state index in [2.05, 4.69) is 20.3 Å². The summed E-state index contributed by atoms with van der Waals surface area (Å²) in [4.78, 5) is 13.7. The molecule has 0 aliphatic rings. The Labute approximate surface area is 120 Å². The Kier molecular flexibility index (Phi) is 3.30. The summed E-state index contributed by atoms with van der Waals surface area (Å²) < 4.78 is 0. The molecule has 3 N–H and O–H groups in total. The Morgan fingerprint density at radius 1 is 1.10 bits per heavy atom. The normalized spacial score (nSPS) is 10.4. The highest BCUT2D eigenvalue weighted by Gasteiger charge is 2.11. The van der Waals surface area contributed by atoms with Gasteiger partial charge >= 0.3 is 0 Å². The number of benzene rings is 1. The van der Waals surface area contributed by atoms with E-state index in [1.807, 2.05) is 43.3 Å². The van der Waals surface area contributed by atoms with Crippen LogP contribution in [0.3, 0.4) is 0 Å². The molecule has 3 rings (SSSR count). The molecule has 0 fully saturated rings. The third-order valence-electron chi connectivity index (χ3n) is 2.73. The fourth-order valence-corrected chi connectivity index (χ4v) is 2.79. The van der Waals surface area contributed by atoms with E-state index in [0.717, 1.165) is 27.1 Å². The van der Waals surface area contributed by atoms with Gasteiger partial charge in [-0.1, -0.05) is 29.5 Å². The summed E-state index contributed by atoms with van der Waals surface area (Å²) in [6, 6.07) is 11.8. The van der Waals surface area contributed by atoms with Crippen molar-refractivity contribution in [3.63, 3.8) is 0 Å². The van der Waals surface area contributed by atoms with E-state index in [-0.39, 0.29) is 5.95 Å². The molecule has 0 saturated carbocycles. The first-order valence-electron chi connectivity index (χ1n) is 6.11. The molecule has 0 amide bonds. The van der Waals surface area contributed by atoms with Crippen molar-refractivity contribution >= 4 is 28.1 Å².